The number of hydrogen-bond donors (Lipinski definition) is 3. The van der Waals surface area contributed by atoms with Crippen molar-refractivity contribution in [3.8, 4) is 0 Å². The highest BCUT2D eigenvalue weighted by Gasteiger charge is 2.33. The molecule has 1 saturated heterocycles. The van der Waals surface area contributed by atoms with Crippen molar-refractivity contribution < 1.29 is 9.90 Å². The summed E-state index contributed by atoms with van der Waals surface area (Å²) in [4.78, 5) is 22.9. The average molecular weight is 350 g/mol. The van der Waals surface area contributed by atoms with Gasteiger partial charge in [-0.25, -0.2) is 14.8 Å². The Bertz CT molecular complexity index is 752. The first-order chi connectivity index (χ1) is 11.2. The van der Waals surface area contributed by atoms with Crippen LogP contribution in [0.5, 0.6) is 0 Å². The minimum Gasteiger partial charge on any atom is -0.480 e. The second-order valence-corrected chi connectivity index (χ2v) is 6.05. The number of fused-ring (bicyclic) bond motifs is 1. The fourth-order valence-electron chi connectivity index (χ4n) is 2.89. The molecule has 128 valence electrons. The zero-order valence-corrected chi connectivity index (χ0v) is 13.9. The number of nitrogens with one attached hydrogen (secondary N) is 2. The van der Waals surface area contributed by atoms with Crippen molar-refractivity contribution in [1.29, 1.82) is 0 Å². The van der Waals surface area contributed by atoms with Gasteiger partial charge in [0.25, 0.3) is 0 Å². The van der Waals surface area contributed by atoms with Gasteiger partial charge in [-0.2, -0.15) is 0 Å². The highest BCUT2D eigenvalue weighted by Crippen LogP contribution is 2.31. The van der Waals surface area contributed by atoms with E-state index in [1.165, 1.54) is 0 Å². The van der Waals surface area contributed by atoms with Gasteiger partial charge in [0.05, 0.1) is 11.0 Å². The Hall–Kier alpha value is -2.12. The number of piperazine rings is 1. The fourth-order valence-corrected chi connectivity index (χ4v) is 2.89. The monoisotopic (exact) mass is 349 g/mol. The number of rotatable bonds is 4. The smallest absolute Gasteiger partial charge is 0.327 e. The minimum absolute atomic E-state index is 0. The summed E-state index contributed by atoms with van der Waals surface area (Å²) in [5, 5.41) is 16.1. The number of aliphatic carboxylic acids is 1. The number of carbonyl (C=O) groups is 1. The predicted molar refractivity (Wildman–Crippen MR) is 95.1 cm³/mol. The van der Waals surface area contributed by atoms with Crippen molar-refractivity contribution in [1.82, 2.24) is 15.3 Å². The Morgan fingerprint density at radius 3 is 2.62 bits per heavy atom. The third kappa shape index (κ3) is 3.22. The first-order valence-electron chi connectivity index (χ1n) is 7.96. The number of halogens is 1. The summed E-state index contributed by atoms with van der Waals surface area (Å²) in [5.74, 6) is 0.494. The number of aromatic nitrogens is 2. The van der Waals surface area contributed by atoms with Gasteiger partial charge in [0.1, 0.15) is 6.04 Å². The van der Waals surface area contributed by atoms with Gasteiger partial charge < -0.3 is 20.6 Å². The van der Waals surface area contributed by atoms with Crippen molar-refractivity contribution in [3.63, 3.8) is 0 Å². The first-order valence-corrected chi connectivity index (χ1v) is 7.96. The number of para-hydroxylation sites is 2. The zero-order chi connectivity index (χ0) is 15.8. The first kappa shape index (κ1) is 16.7. The number of carboxylic acid groups (broad SMARTS) is 1. The van der Waals surface area contributed by atoms with Crippen LogP contribution in [0, 0.1) is 0 Å². The van der Waals surface area contributed by atoms with Crippen LogP contribution < -0.4 is 15.5 Å². The van der Waals surface area contributed by atoms with E-state index in [-0.39, 0.29) is 12.4 Å². The van der Waals surface area contributed by atoms with Crippen molar-refractivity contribution in [2.75, 3.05) is 29.9 Å². The van der Waals surface area contributed by atoms with Gasteiger partial charge in [0.2, 0.25) is 0 Å². The highest BCUT2D eigenvalue weighted by atomic mass is 35.5. The Labute approximate surface area is 145 Å². The molecular formula is C16H20ClN5O2. The number of benzene rings is 1. The number of hydrogen-bond acceptors (Lipinski definition) is 6. The number of anilines is 2. The maximum atomic E-state index is 11.6. The van der Waals surface area contributed by atoms with Crippen LogP contribution in [0.25, 0.3) is 11.0 Å². The molecular weight excluding hydrogens is 330 g/mol. The number of nitrogens with zero attached hydrogens (tertiary/aromatic N) is 3. The Morgan fingerprint density at radius 2 is 1.96 bits per heavy atom. The third-order valence-corrected chi connectivity index (χ3v) is 4.27. The van der Waals surface area contributed by atoms with Crippen molar-refractivity contribution in [2.24, 2.45) is 0 Å². The summed E-state index contributed by atoms with van der Waals surface area (Å²) in [6, 6.07) is 7.49. The van der Waals surface area contributed by atoms with Crippen LogP contribution in [-0.4, -0.2) is 52.8 Å². The molecule has 0 bridgehead atoms. The summed E-state index contributed by atoms with van der Waals surface area (Å²) < 4.78 is 0. The van der Waals surface area contributed by atoms with Crippen molar-refractivity contribution in [3.05, 3.63) is 24.3 Å². The van der Waals surface area contributed by atoms with E-state index in [0.29, 0.717) is 30.8 Å². The lowest BCUT2D eigenvalue weighted by Gasteiger charge is -2.35. The minimum atomic E-state index is -0.843. The van der Waals surface area contributed by atoms with Crippen LogP contribution in [0.15, 0.2) is 24.3 Å². The topological polar surface area (TPSA) is 90.4 Å². The molecule has 2 fully saturated rings. The summed E-state index contributed by atoms with van der Waals surface area (Å²) in [6.07, 6.45) is 2.25. The third-order valence-electron chi connectivity index (χ3n) is 4.27. The number of carboxylic acids is 1. The fraction of sp³-hybridized carbons (Fsp3) is 0.438. The maximum Gasteiger partial charge on any atom is 0.327 e. The van der Waals surface area contributed by atoms with E-state index in [4.69, 9.17) is 9.97 Å². The Morgan fingerprint density at radius 1 is 1.25 bits per heavy atom. The molecule has 24 heavy (non-hydrogen) atoms. The molecule has 7 nitrogen and oxygen atoms in total. The van der Waals surface area contributed by atoms with Gasteiger partial charge in [-0.1, -0.05) is 12.1 Å². The summed E-state index contributed by atoms with van der Waals surface area (Å²) in [5.41, 5.74) is 1.60. The van der Waals surface area contributed by atoms with Crippen LogP contribution in [0.2, 0.25) is 0 Å². The normalized spacial score (nSPS) is 20.5. The standard InChI is InChI=1S/C16H19N5O2.ClH/c22-16(23)13-9-17-7-8-21(13)15-14(18-10-5-6-10)19-11-3-1-2-4-12(11)20-15;/h1-4,10,13,17H,5-9H2,(H,18,19)(H,22,23);1H. The lowest BCUT2D eigenvalue weighted by molar-refractivity contribution is -0.138. The van der Waals surface area contributed by atoms with Gasteiger partial charge >= 0.3 is 5.97 Å². The van der Waals surface area contributed by atoms with E-state index in [2.05, 4.69) is 10.6 Å². The van der Waals surface area contributed by atoms with Crippen LogP contribution in [0.1, 0.15) is 12.8 Å². The molecule has 1 saturated carbocycles. The van der Waals surface area contributed by atoms with Crippen LogP contribution in [0.4, 0.5) is 11.6 Å². The molecule has 1 aromatic carbocycles. The molecule has 1 aromatic heterocycles. The largest absolute Gasteiger partial charge is 0.480 e. The quantitative estimate of drug-likeness (QED) is 0.770. The van der Waals surface area contributed by atoms with E-state index >= 15 is 0 Å². The summed E-state index contributed by atoms with van der Waals surface area (Å²) >= 11 is 0. The van der Waals surface area contributed by atoms with Crippen LogP contribution in [0.3, 0.4) is 0 Å². The van der Waals surface area contributed by atoms with E-state index in [9.17, 15) is 9.90 Å². The van der Waals surface area contributed by atoms with Gasteiger partial charge in [0.15, 0.2) is 11.6 Å². The Kier molecular flexibility index (Phi) is 4.73. The second kappa shape index (κ2) is 6.78. The van der Waals surface area contributed by atoms with Gasteiger partial charge in [-0.3, -0.25) is 0 Å². The average Bonchev–Trinajstić information content (AvgIpc) is 3.38. The molecule has 1 aliphatic carbocycles. The zero-order valence-electron chi connectivity index (χ0n) is 13.1. The predicted octanol–water partition coefficient (Wildman–Crippen LogP) is 1.49. The van der Waals surface area contributed by atoms with Gasteiger partial charge in [-0.05, 0) is 25.0 Å². The van der Waals surface area contributed by atoms with Crippen LogP contribution in [-0.2, 0) is 4.79 Å². The molecule has 1 atom stereocenters. The molecule has 0 radical (unpaired) electrons. The summed E-state index contributed by atoms with van der Waals surface area (Å²) in [7, 11) is 0. The molecule has 2 aliphatic rings. The van der Waals surface area contributed by atoms with Gasteiger partial charge in [0, 0.05) is 25.7 Å². The molecule has 4 rings (SSSR count). The molecule has 1 aliphatic heterocycles. The molecule has 2 aromatic rings. The maximum absolute atomic E-state index is 11.6. The summed E-state index contributed by atoms with van der Waals surface area (Å²) in [6.45, 7) is 1.75. The molecule has 2 heterocycles. The van der Waals surface area contributed by atoms with Crippen LogP contribution >= 0.6 is 12.4 Å². The lowest BCUT2D eigenvalue weighted by atomic mass is 10.2. The molecule has 0 spiro atoms. The molecule has 1 unspecified atom stereocenters. The Balaban J connectivity index is 0.00000169. The molecule has 0 amide bonds. The van der Waals surface area contributed by atoms with E-state index in [1.54, 1.807) is 0 Å². The lowest BCUT2D eigenvalue weighted by Crippen LogP contribution is -2.55. The molecule has 8 heteroatoms. The second-order valence-electron chi connectivity index (χ2n) is 6.05. The van der Waals surface area contributed by atoms with E-state index in [0.717, 1.165) is 30.4 Å². The van der Waals surface area contributed by atoms with E-state index < -0.39 is 12.0 Å². The van der Waals surface area contributed by atoms with E-state index in [1.807, 2.05) is 29.2 Å². The van der Waals surface area contributed by atoms with Crippen molar-refractivity contribution >= 4 is 41.0 Å². The molecule has 3 N–H and O–H groups in total. The highest BCUT2D eigenvalue weighted by molar-refractivity contribution is 5.85. The van der Waals surface area contributed by atoms with Gasteiger partial charge in [-0.15, -0.1) is 12.4 Å². The van der Waals surface area contributed by atoms with Crippen molar-refractivity contribution in [2.45, 2.75) is 24.9 Å². The SMILES string of the molecule is Cl.O=C(O)C1CNCCN1c1nc2ccccc2nc1NC1CC1.